The van der Waals surface area contributed by atoms with Gasteiger partial charge in [0.2, 0.25) is 0 Å². The van der Waals surface area contributed by atoms with Crippen LogP contribution in [0.3, 0.4) is 0 Å². The van der Waals surface area contributed by atoms with Gasteiger partial charge in [-0.15, -0.1) is 10.2 Å². The Morgan fingerprint density at radius 1 is 1.19 bits per heavy atom. The fourth-order valence-electron chi connectivity index (χ4n) is 2.26. The van der Waals surface area contributed by atoms with Crippen molar-refractivity contribution in [2.45, 2.75) is 6.10 Å². The van der Waals surface area contributed by atoms with Crippen LogP contribution in [0.2, 0.25) is 0 Å². The Morgan fingerprint density at radius 3 is 2.67 bits per heavy atom. The molecule has 2 heterocycles. The lowest BCUT2D eigenvalue weighted by Gasteiger charge is -2.31. The van der Waals surface area contributed by atoms with Crippen LogP contribution in [0.15, 0.2) is 42.5 Å². The molecule has 21 heavy (non-hydrogen) atoms. The smallest absolute Gasteiger partial charge is 0.334 e. The number of hydrogen-bond donors (Lipinski definition) is 1. The van der Waals surface area contributed by atoms with Crippen LogP contribution in [-0.2, 0) is 9.53 Å². The molecule has 0 bridgehead atoms. The lowest BCUT2D eigenvalue weighted by atomic mass is 10.1. The van der Waals surface area contributed by atoms with Crippen LogP contribution in [0, 0.1) is 0 Å². The molecule has 0 radical (unpaired) electrons. The molecule has 3 rings (SSSR count). The fraction of sp³-hybridized carbons (Fsp3) is 0.267. The first-order valence-corrected chi connectivity index (χ1v) is 6.72. The number of aliphatic carboxylic acids is 1. The summed E-state index contributed by atoms with van der Waals surface area (Å²) in [5.41, 5.74) is 1.80. The first-order chi connectivity index (χ1) is 10.2. The van der Waals surface area contributed by atoms with Crippen LogP contribution in [-0.4, -0.2) is 47.1 Å². The first-order valence-electron chi connectivity index (χ1n) is 6.72. The van der Waals surface area contributed by atoms with Crippen molar-refractivity contribution in [2.24, 2.45) is 0 Å². The third kappa shape index (κ3) is 3.00. The first kappa shape index (κ1) is 13.5. The molecule has 1 saturated heterocycles. The van der Waals surface area contributed by atoms with Crippen LogP contribution < -0.4 is 4.90 Å². The maximum absolute atomic E-state index is 11.0. The van der Waals surface area contributed by atoms with Crippen molar-refractivity contribution in [3.63, 3.8) is 0 Å². The minimum absolute atomic E-state index is 0.286. The number of nitrogens with zero attached hydrogens (tertiary/aromatic N) is 3. The van der Waals surface area contributed by atoms with Gasteiger partial charge in [0.05, 0.1) is 18.8 Å². The number of carbonyl (C=O) groups is 1. The van der Waals surface area contributed by atoms with Crippen molar-refractivity contribution < 1.29 is 14.6 Å². The van der Waals surface area contributed by atoms with E-state index in [2.05, 4.69) is 10.2 Å². The Morgan fingerprint density at radius 2 is 2.00 bits per heavy atom. The van der Waals surface area contributed by atoms with Crippen LogP contribution in [0.25, 0.3) is 11.3 Å². The van der Waals surface area contributed by atoms with Crippen LogP contribution in [0.1, 0.15) is 0 Å². The van der Waals surface area contributed by atoms with E-state index < -0.39 is 12.1 Å². The number of anilines is 1. The van der Waals surface area contributed by atoms with Gasteiger partial charge in [0.1, 0.15) is 0 Å². The lowest BCUT2D eigenvalue weighted by molar-refractivity contribution is -0.150. The van der Waals surface area contributed by atoms with Crippen molar-refractivity contribution in [1.82, 2.24) is 10.2 Å². The molecule has 1 atom stereocenters. The van der Waals surface area contributed by atoms with Gasteiger partial charge >= 0.3 is 5.97 Å². The fourth-order valence-corrected chi connectivity index (χ4v) is 2.26. The predicted octanol–water partition coefficient (Wildman–Crippen LogP) is 1.43. The number of hydrogen-bond acceptors (Lipinski definition) is 5. The molecule has 6 nitrogen and oxygen atoms in total. The van der Waals surface area contributed by atoms with Gasteiger partial charge < -0.3 is 14.7 Å². The van der Waals surface area contributed by atoms with E-state index in [9.17, 15) is 4.79 Å². The Hall–Kier alpha value is -2.47. The van der Waals surface area contributed by atoms with Crippen LogP contribution in [0.4, 0.5) is 5.82 Å². The SMILES string of the molecule is O=C(O)[C@@H]1CN(c2ccc(-c3ccccc3)nn2)CCO1. The second kappa shape index (κ2) is 5.88. The van der Waals surface area contributed by atoms with Crippen molar-refractivity contribution in [2.75, 3.05) is 24.6 Å². The average molecular weight is 285 g/mol. The summed E-state index contributed by atoms with van der Waals surface area (Å²) < 4.78 is 5.19. The molecule has 0 amide bonds. The maximum Gasteiger partial charge on any atom is 0.334 e. The van der Waals surface area contributed by atoms with Crippen LogP contribution >= 0.6 is 0 Å². The second-order valence-electron chi connectivity index (χ2n) is 4.79. The second-order valence-corrected chi connectivity index (χ2v) is 4.79. The lowest BCUT2D eigenvalue weighted by Crippen LogP contribution is -2.46. The van der Waals surface area contributed by atoms with Crippen molar-refractivity contribution >= 4 is 11.8 Å². The number of morpholine rings is 1. The van der Waals surface area contributed by atoms with E-state index in [-0.39, 0.29) is 6.54 Å². The predicted molar refractivity (Wildman–Crippen MR) is 77.1 cm³/mol. The largest absolute Gasteiger partial charge is 0.479 e. The molecule has 2 aromatic rings. The Labute approximate surface area is 122 Å². The molecule has 6 heteroatoms. The number of carboxylic acid groups (broad SMARTS) is 1. The van der Waals surface area contributed by atoms with E-state index >= 15 is 0 Å². The van der Waals surface area contributed by atoms with Crippen molar-refractivity contribution in [1.29, 1.82) is 0 Å². The number of benzene rings is 1. The molecule has 0 saturated carbocycles. The molecule has 108 valence electrons. The van der Waals surface area contributed by atoms with Gasteiger partial charge in [0, 0.05) is 12.1 Å². The molecule has 1 aromatic heterocycles. The highest BCUT2D eigenvalue weighted by atomic mass is 16.5. The third-order valence-corrected chi connectivity index (χ3v) is 3.39. The maximum atomic E-state index is 11.0. The Kier molecular flexibility index (Phi) is 3.79. The molecule has 1 fully saturated rings. The Bertz CT molecular complexity index is 616. The molecular formula is C15H15N3O3. The van der Waals surface area contributed by atoms with Gasteiger partial charge in [-0.05, 0) is 12.1 Å². The molecule has 0 aliphatic carbocycles. The molecular weight excluding hydrogens is 270 g/mol. The molecule has 1 aromatic carbocycles. The zero-order valence-corrected chi connectivity index (χ0v) is 11.3. The van der Waals surface area contributed by atoms with E-state index in [0.717, 1.165) is 11.3 Å². The summed E-state index contributed by atoms with van der Waals surface area (Å²) in [5, 5.41) is 17.4. The minimum atomic E-state index is -0.950. The Balaban J connectivity index is 1.76. The normalized spacial score (nSPS) is 18.5. The monoisotopic (exact) mass is 285 g/mol. The number of aromatic nitrogens is 2. The summed E-state index contributed by atoms with van der Waals surface area (Å²) in [5.74, 6) is -0.280. The highest BCUT2D eigenvalue weighted by Crippen LogP contribution is 2.19. The van der Waals surface area contributed by atoms with E-state index in [1.807, 2.05) is 47.4 Å². The quantitative estimate of drug-likeness (QED) is 0.919. The third-order valence-electron chi connectivity index (χ3n) is 3.39. The van der Waals surface area contributed by atoms with E-state index in [0.29, 0.717) is 19.0 Å². The topological polar surface area (TPSA) is 75.5 Å². The van der Waals surface area contributed by atoms with Gasteiger partial charge in [0.25, 0.3) is 0 Å². The van der Waals surface area contributed by atoms with E-state index in [4.69, 9.17) is 9.84 Å². The average Bonchev–Trinajstić information content (AvgIpc) is 2.56. The summed E-state index contributed by atoms with van der Waals surface area (Å²) >= 11 is 0. The van der Waals surface area contributed by atoms with E-state index in [1.54, 1.807) is 0 Å². The number of rotatable bonds is 3. The summed E-state index contributed by atoms with van der Waals surface area (Å²) in [6, 6.07) is 13.5. The number of carboxylic acids is 1. The summed E-state index contributed by atoms with van der Waals surface area (Å²) in [4.78, 5) is 12.9. The van der Waals surface area contributed by atoms with E-state index in [1.165, 1.54) is 0 Å². The molecule has 1 aliphatic heterocycles. The zero-order valence-electron chi connectivity index (χ0n) is 11.3. The van der Waals surface area contributed by atoms with Crippen molar-refractivity contribution in [3.05, 3.63) is 42.5 Å². The van der Waals surface area contributed by atoms with Gasteiger partial charge in [-0.2, -0.15) is 0 Å². The highest BCUT2D eigenvalue weighted by Gasteiger charge is 2.27. The number of ether oxygens (including phenoxy) is 1. The minimum Gasteiger partial charge on any atom is -0.479 e. The highest BCUT2D eigenvalue weighted by molar-refractivity contribution is 5.73. The molecule has 1 aliphatic rings. The van der Waals surface area contributed by atoms with Crippen LogP contribution in [0.5, 0.6) is 0 Å². The standard InChI is InChI=1S/C15H15N3O3/c19-15(20)13-10-18(8-9-21-13)14-7-6-12(16-17-14)11-4-2-1-3-5-11/h1-7,13H,8-10H2,(H,19,20)/t13-/m0/s1. The van der Waals surface area contributed by atoms with Crippen molar-refractivity contribution in [3.8, 4) is 11.3 Å². The summed E-state index contributed by atoms with van der Waals surface area (Å²) in [7, 11) is 0. The zero-order chi connectivity index (χ0) is 14.7. The molecule has 1 N–H and O–H groups in total. The van der Waals surface area contributed by atoms with Gasteiger partial charge in [0.15, 0.2) is 11.9 Å². The summed E-state index contributed by atoms with van der Waals surface area (Å²) in [6.45, 7) is 1.27. The molecule has 0 unspecified atom stereocenters. The molecule has 0 spiro atoms. The van der Waals surface area contributed by atoms with Gasteiger partial charge in [-0.1, -0.05) is 30.3 Å². The van der Waals surface area contributed by atoms with Gasteiger partial charge in [-0.25, -0.2) is 4.79 Å². The van der Waals surface area contributed by atoms with Gasteiger partial charge in [-0.3, -0.25) is 0 Å². The summed E-state index contributed by atoms with van der Waals surface area (Å²) in [6.07, 6.45) is -0.811.